The summed E-state index contributed by atoms with van der Waals surface area (Å²) in [5.74, 6) is -0.336. The van der Waals surface area contributed by atoms with E-state index in [2.05, 4.69) is 15.5 Å². The Labute approximate surface area is 72.3 Å². The Morgan fingerprint density at radius 3 is 3.38 bits per heavy atom. The Hall–Kier alpha value is -1.92. The second-order valence-electron chi connectivity index (χ2n) is 2.21. The molecule has 2 heterocycles. The van der Waals surface area contributed by atoms with E-state index in [9.17, 15) is 4.79 Å². The largest absolute Gasteiger partial charge is 0.461 e. The third-order valence-corrected chi connectivity index (χ3v) is 1.43. The number of oxazole rings is 1. The molecular weight excluding hydrogens is 176 g/mol. The molecule has 0 aliphatic rings. The quantitative estimate of drug-likeness (QED) is 0.603. The molecule has 0 radical (unpaired) electrons. The highest BCUT2D eigenvalue weighted by Gasteiger charge is 2.16. The standard InChI is InChI=1S/C6H6N4O3/c1-2-12-5(11)4-3-13-6-7-8-9-10(4)6/h3H,2H2,1H3. The first-order chi connectivity index (χ1) is 6.33. The van der Waals surface area contributed by atoms with Crippen molar-refractivity contribution in [2.75, 3.05) is 6.61 Å². The van der Waals surface area contributed by atoms with E-state index in [1.165, 1.54) is 10.8 Å². The van der Waals surface area contributed by atoms with E-state index >= 15 is 0 Å². The van der Waals surface area contributed by atoms with Crippen molar-refractivity contribution in [1.29, 1.82) is 0 Å². The van der Waals surface area contributed by atoms with E-state index in [4.69, 9.17) is 9.15 Å². The first-order valence-corrected chi connectivity index (χ1v) is 3.65. The fraction of sp³-hybridized carbons (Fsp3) is 0.333. The summed E-state index contributed by atoms with van der Waals surface area (Å²) in [7, 11) is 0. The molecular formula is C6H6N4O3. The van der Waals surface area contributed by atoms with Crippen molar-refractivity contribution in [2.24, 2.45) is 0 Å². The number of carbonyl (C=O) groups excluding carboxylic acids is 1. The minimum Gasteiger partial charge on any atom is -0.461 e. The summed E-state index contributed by atoms with van der Waals surface area (Å²) in [5, 5.41) is 10.4. The van der Waals surface area contributed by atoms with Gasteiger partial charge in [-0.3, -0.25) is 0 Å². The number of rotatable bonds is 2. The summed E-state index contributed by atoms with van der Waals surface area (Å²) >= 11 is 0. The number of hydrogen-bond donors (Lipinski definition) is 0. The molecule has 0 aliphatic heterocycles. The first-order valence-electron chi connectivity index (χ1n) is 3.65. The Morgan fingerprint density at radius 2 is 2.62 bits per heavy atom. The van der Waals surface area contributed by atoms with Gasteiger partial charge in [0.05, 0.1) is 6.61 Å². The molecule has 2 aromatic heterocycles. The Bertz CT molecular complexity index is 432. The number of fused-ring (bicyclic) bond motifs is 1. The second kappa shape index (κ2) is 2.85. The van der Waals surface area contributed by atoms with Crippen LogP contribution in [0.1, 0.15) is 17.4 Å². The summed E-state index contributed by atoms with van der Waals surface area (Å²) in [6.45, 7) is 2.02. The Kier molecular flexibility index (Phi) is 1.69. The van der Waals surface area contributed by atoms with Gasteiger partial charge in [0, 0.05) is 0 Å². The lowest BCUT2D eigenvalue weighted by Gasteiger charge is -1.95. The zero-order valence-electron chi connectivity index (χ0n) is 6.80. The molecule has 7 nitrogen and oxygen atoms in total. The van der Waals surface area contributed by atoms with Gasteiger partial charge in [-0.05, 0) is 17.4 Å². The van der Waals surface area contributed by atoms with Crippen LogP contribution in [-0.4, -0.2) is 32.6 Å². The molecule has 0 aliphatic carbocycles. The third-order valence-electron chi connectivity index (χ3n) is 1.43. The molecule has 0 aromatic carbocycles. The fourth-order valence-corrected chi connectivity index (χ4v) is 0.902. The van der Waals surface area contributed by atoms with Crippen molar-refractivity contribution >= 4 is 11.8 Å². The van der Waals surface area contributed by atoms with E-state index in [1.54, 1.807) is 6.92 Å². The van der Waals surface area contributed by atoms with Crippen LogP contribution in [-0.2, 0) is 4.74 Å². The van der Waals surface area contributed by atoms with Crippen LogP contribution in [0.2, 0.25) is 0 Å². The van der Waals surface area contributed by atoms with Crippen molar-refractivity contribution in [3.05, 3.63) is 12.0 Å². The summed E-state index contributed by atoms with van der Waals surface area (Å²) in [5.41, 5.74) is 0.182. The summed E-state index contributed by atoms with van der Waals surface area (Å²) in [4.78, 5) is 11.2. The van der Waals surface area contributed by atoms with Gasteiger partial charge in [-0.2, -0.15) is 4.52 Å². The van der Waals surface area contributed by atoms with E-state index in [0.717, 1.165) is 0 Å². The Balaban J connectivity index is 2.42. The van der Waals surface area contributed by atoms with Gasteiger partial charge >= 0.3 is 11.8 Å². The lowest BCUT2D eigenvalue weighted by molar-refractivity contribution is 0.0516. The number of hydrogen-bond acceptors (Lipinski definition) is 6. The molecule has 13 heavy (non-hydrogen) atoms. The molecule has 7 heteroatoms. The SMILES string of the molecule is CCOC(=O)c1coc2nnnn12. The number of esters is 1. The molecule has 0 unspecified atom stereocenters. The molecule has 2 rings (SSSR count). The van der Waals surface area contributed by atoms with E-state index in [0.29, 0.717) is 6.61 Å². The van der Waals surface area contributed by atoms with Crippen molar-refractivity contribution in [1.82, 2.24) is 20.0 Å². The van der Waals surface area contributed by atoms with Crippen LogP contribution in [0.15, 0.2) is 10.7 Å². The number of carbonyl (C=O) groups is 1. The molecule has 0 atom stereocenters. The number of aromatic nitrogens is 4. The van der Waals surface area contributed by atoms with Crippen molar-refractivity contribution in [3.8, 4) is 0 Å². The maximum absolute atomic E-state index is 11.2. The van der Waals surface area contributed by atoms with Crippen LogP contribution in [0, 0.1) is 0 Å². The minimum atomic E-state index is -0.506. The smallest absolute Gasteiger partial charge is 0.360 e. The molecule has 0 N–H and O–H groups in total. The molecule has 68 valence electrons. The van der Waals surface area contributed by atoms with Crippen LogP contribution in [0.4, 0.5) is 0 Å². The van der Waals surface area contributed by atoms with Gasteiger partial charge in [-0.1, -0.05) is 5.10 Å². The van der Waals surface area contributed by atoms with Crippen LogP contribution >= 0.6 is 0 Å². The second-order valence-corrected chi connectivity index (χ2v) is 2.21. The fourth-order valence-electron chi connectivity index (χ4n) is 0.902. The average molecular weight is 182 g/mol. The maximum atomic E-state index is 11.2. The van der Waals surface area contributed by atoms with Crippen LogP contribution in [0.5, 0.6) is 0 Å². The molecule has 2 aromatic rings. The van der Waals surface area contributed by atoms with Crippen LogP contribution in [0.25, 0.3) is 5.84 Å². The Morgan fingerprint density at radius 1 is 1.77 bits per heavy atom. The van der Waals surface area contributed by atoms with Gasteiger partial charge in [-0.25, -0.2) is 4.79 Å². The van der Waals surface area contributed by atoms with E-state index < -0.39 is 5.97 Å². The van der Waals surface area contributed by atoms with Crippen molar-refractivity contribution in [3.63, 3.8) is 0 Å². The summed E-state index contributed by atoms with van der Waals surface area (Å²) < 4.78 is 10.8. The lowest BCUT2D eigenvalue weighted by Crippen LogP contribution is -2.08. The molecule has 0 saturated heterocycles. The number of tetrazole rings is 1. The van der Waals surface area contributed by atoms with Gasteiger partial charge in [0.2, 0.25) is 0 Å². The van der Waals surface area contributed by atoms with Crippen molar-refractivity contribution in [2.45, 2.75) is 6.92 Å². The maximum Gasteiger partial charge on any atom is 0.360 e. The van der Waals surface area contributed by atoms with Gasteiger partial charge in [-0.15, -0.1) is 0 Å². The predicted molar refractivity (Wildman–Crippen MR) is 39.0 cm³/mol. The topological polar surface area (TPSA) is 82.5 Å². The van der Waals surface area contributed by atoms with Gasteiger partial charge in [0.15, 0.2) is 5.69 Å². The van der Waals surface area contributed by atoms with Gasteiger partial charge < -0.3 is 9.15 Å². The predicted octanol–water partition coefficient (Wildman–Crippen LogP) is -0.106. The highest BCUT2D eigenvalue weighted by atomic mass is 16.5. The average Bonchev–Trinajstić information content (AvgIpc) is 2.62. The number of ether oxygens (including phenoxy) is 1. The van der Waals surface area contributed by atoms with Crippen molar-refractivity contribution < 1.29 is 13.9 Å². The monoisotopic (exact) mass is 182 g/mol. The van der Waals surface area contributed by atoms with Crippen LogP contribution in [0.3, 0.4) is 0 Å². The molecule has 0 bridgehead atoms. The minimum absolute atomic E-state index is 0.169. The zero-order valence-corrected chi connectivity index (χ0v) is 6.80. The highest BCUT2D eigenvalue weighted by Crippen LogP contribution is 2.05. The molecule has 0 fully saturated rings. The first kappa shape index (κ1) is 7.71. The van der Waals surface area contributed by atoms with Gasteiger partial charge in [0.25, 0.3) is 0 Å². The zero-order chi connectivity index (χ0) is 9.26. The third kappa shape index (κ3) is 1.13. The van der Waals surface area contributed by atoms with E-state index in [-0.39, 0.29) is 11.5 Å². The summed E-state index contributed by atoms with van der Waals surface area (Å²) in [6, 6.07) is 0. The normalized spacial score (nSPS) is 10.5. The van der Waals surface area contributed by atoms with Crippen LogP contribution < -0.4 is 0 Å². The molecule has 0 spiro atoms. The molecule has 0 amide bonds. The highest BCUT2D eigenvalue weighted by molar-refractivity contribution is 5.87. The summed E-state index contributed by atoms with van der Waals surface area (Å²) in [6.07, 6.45) is 1.23. The lowest BCUT2D eigenvalue weighted by atomic mass is 10.5. The van der Waals surface area contributed by atoms with Gasteiger partial charge in [0.1, 0.15) is 6.26 Å². The number of nitrogens with zero attached hydrogens (tertiary/aromatic N) is 4. The molecule has 0 saturated carbocycles. The van der Waals surface area contributed by atoms with E-state index in [1.807, 2.05) is 0 Å².